The second-order valence-electron chi connectivity index (χ2n) is 9.63. The third-order valence-corrected chi connectivity index (χ3v) is 7.80. The zero-order valence-corrected chi connectivity index (χ0v) is 22.1. The second kappa shape index (κ2) is 10.6. The normalized spacial score (nSPS) is 18.9. The molecular weight excluding hydrogens is 525 g/mol. The summed E-state index contributed by atoms with van der Waals surface area (Å²) >= 11 is 6.51. The molecular formula is C27H30ClF3N2O5. The maximum Gasteiger partial charge on any atom is 0.422 e. The van der Waals surface area contributed by atoms with Crippen LogP contribution in [0, 0.1) is 5.92 Å². The Hall–Kier alpha value is -2.98. The van der Waals surface area contributed by atoms with Crippen molar-refractivity contribution in [1.29, 1.82) is 0 Å². The van der Waals surface area contributed by atoms with Crippen molar-refractivity contribution >= 4 is 34.9 Å². The van der Waals surface area contributed by atoms with Crippen molar-refractivity contribution in [2.75, 3.05) is 43.2 Å². The molecule has 4 rings (SSSR count). The number of fused-ring (bicyclic) bond motifs is 1. The van der Waals surface area contributed by atoms with Crippen LogP contribution in [0.1, 0.15) is 43.7 Å². The van der Waals surface area contributed by atoms with Crippen molar-refractivity contribution in [3.8, 4) is 5.75 Å². The fraction of sp³-hybridized carbons (Fsp3) is 0.481. The molecule has 1 N–H and O–H groups in total. The third kappa shape index (κ3) is 5.03. The Morgan fingerprint density at radius 3 is 2.50 bits per heavy atom. The van der Waals surface area contributed by atoms with E-state index in [4.69, 9.17) is 21.1 Å². The van der Waals surface area contributed by atoms with E-state index in [0.717, 1.165) is 17.8 Å². The summed E-state index contributed by atoms with van der Waals surface area (Å²) in [4.78, 5) is 27.3. The summed E-state index contributed by atoms with van der Waals surface area (Å²) in [5, 5.41) is 11.4. The minimum Gasteiger partial charge on any atom is -0.482 e. The molecule has 0 radical (unpaired) electrons. The standard InChI is InChI=1S/C27H30ClF3N2O5/c1-4-37-25(35)17-9-11-33(12-10-17)19-6-7-20(21(28)14-19)16(2)26(36,27(29,30)31)18-5-8-23-22(13-18)32(3)24(34)15-38-23/h5-8,13-14,16-17,36H,4,9-12,15H2,1-3H3. The zero-order valence-electron chi connectivity index (χ0n) is 21.3. The molecule has 0 saturated carbocycles. The van der Waals surface area contributed by atoms with Crippen LogP contribution in [0.25, 0.3) is 0 Å². The van der Waals surface area contributed by atoms with Crippen LogP contribution in [0.3, 0.4) is 0 Å². The molecule has 1 fully saturated rings. The topological polar surface area (TPSA) is 79.3 Å². The van der Waals surface area contributed by atoms with Gasteiger partial charge in [0.15, 0.2) is 12.2 Å². The molecule has 2 aromatic carbocycles. The molecule has 0 spiro atoms. The van der Waals surface area contributed by atoms with Crippen molar-refractivity contribution in [1.82, 2.24) is 0 Å². The molecule has 2 aromatic rings. The van der Waals surface area contributed by atoms with E-state index in [-0.39, 0.29) is 40.5 Å². The van der Waals surface area contributed by atoms with Gasteiger partial charge in [0.25, 0.3) is 5.91 Å². The third-order valence-electron chi connectivity index (χ3n) is 7.48. The average Bonchev–Trinajstić information content (AvgIpc) is 2.89. The lowest BCUT2D eigenvalue weighted by atomic mass is 9.77. The largest absolute Gasteiger partial charge is 0.482 e. The Kier molecular flexibility index (Phi) is 7.86. The number of benzene rings is 2. The molecule has 0 aromatic heterocycles. The Balaban J connectivity index is 1.61. The molecule has 0 aliphatic carbocycles. The summed E-state index contributed by atoms with van der Waals surface area (Å²) in [7, 11) is 1.44. The first-order chi connectivity index (χ1) is 17.9. The lowest BCUT2D eigenvalue weighted by Gasteiger charge is -2.38. The first-order valence-electron chi connectivity index (χ1n) is 12.4. The van der Waals surface area contributed by atoms with E-state index >= 15 is 0 Å². The minimum atomic E-state index is -5.06. The van der Waals surface area contributed by atoms with Gasteiger partial charge in [0.2, 0.25) is 0 Å². The lowest BCUT2D eigenvalue weighted by molar-refractivity contribution is -0.274. The number of esters is 1. The number of hydrogen-bond acceptors (Lipinski definition) is 6. The van der Waals surface area contributed by atoms with Gasteiger partial charge in [0.05, 0.1) is 18.2 Å². The number of carbonyl (C=O) groups excluding carboxylic acids is 2. The van der Waals surface area contributed by atoms with Crippen LogP contribution in [0.5, 0.6) is 5.75 Å². The van der Waals surface area contributed by atoms with Crippen molar-refractivity contribution in [2.24, 2.45) is 5.92 Å². The number of piperidine rings is 1. The molecule has 1 saturated heterocycles. The number of anilines is 2. The fourth-order valence-electron chi connectivity index (χ4n) is 5.09. The van der Waals surface area contributed by atoms with Crippen LogP contribution in [-0.4, -0.2) is 56.5 Å². The monoisotopic (exact) mass is 554 g/mol. The van der Waals surface area contributed by atoms with Gasteiger partial charge in [0.1, 0.15) is 5.75 Å². The minimum absolute atomic E-state index is 0.0822. The van der Waals surface area contributed by atoms with E-state index in [1.165, 1.54) is 31.0 Å². The van der Waals surface area contributed by atoms with E-state index in [0.29, 0.717) is 32.5 Å². The SMILES string of the molecule is CCOC(=O)C1CCN(c2ccc(C(C)C(O)(c3ccc4c(c3)N(C)C(=O)CO4)C(F)(F)F)c(Cl)c2)CC1. The van der Waals surface area contributed by atoms with Crippen molar-refractivity contribution in [2.45, 2.75) is 44.4 Å². The van der Waals surface area contributed by atoms with Gasteiger partial charge in [-0.15, -0.1) is 0 Å². The number of nitrogens with zero attached hydrogens (tertiary/aromatic N) is 2. The van der Waals surface area contributed by atoms with Crippen LogP contribution >= 0.6 is 11.6 Å². The lowest BCUT2D eigenvalue weighted by Crippen LogP contribution is -2.47. The summed E-state index contributed by atoms with van der Waals surface area (Å²) in [6.07, 6.45) is -3.86. The Morgan fingerprint density at radius 1 is 1.21 bits per heavy atom. The highest BCUT2D eigenvalue weighted by Gasteiger charge is 2.59. The van der Waals surface area contributed by atoms with Crippen LogP contribution in [0.2, 0.25) is 5.02 Å². The van der Waals surface area contributed by atoms with E-state index in [1.807, 2.05) is 4.90 Å². The van der Waals surface area contributed by atoms with E-state index < -0.39 is 29.2 Å². The van der Waals surface area contributed by atoms with Crippen LogP contribution in [0.4, 0.5) is 24.5 Å². The zero-order chi connectivity index (χ0) is 27.8. The summed E-state index contributed by atoms with van der Waals surface area (Å²) < 4.78 is 54.0. The van der Waals surface area contributed by atoms with Crippen molar-refractivity contribution in [3.63, 3.8) is 0 Å². The van der Waals surface area contributed by atoms with Crippen LogP contribution < -0.4 is 14.5 Å². The predicted octanol–water partition coefficient (Wildman–Crippen LogP) is 5.03. The Morgan fingerprint density at radius 2 is 1.89 bits per heavy atom. The number of ether oxygens (including phenoxy) is 2. The molecule has 2 heterocycles. The number of rotatable bonds is 6. The number of aliphatic hydroxyl groups is 1. The molecule has 11 heteroatoms. The quantitative estimate of drug-likeness (QED) is 0.505. The van der Waals surface area contributed by atoms with Gasteiger partial charge in [-0.1, -0.05) is 30.7 Å². The van der Waals surface area contributed by atoms with Gasteiger partial charge in [-0.05, 0) is 55.2 Å². The number of hydrogen-bond donors (Lipinski definition) is 1. The molecule has 2 aliphatic rings. The average molecular weight is 555 g/mol. The van der Waals surface area contributed by atoms with Crippen molar-refractivity contribution in [3.05, 3.63) is 52.5 Å². The highest BCUT2D eigenvalue weighted by molar-refractivity contribution is 6.31. The summed E-state index contributed by atoms with van der Waals surface area (Å²) in [6, 6.07) is 8.36. The van der Waals surface area contributed by atoms with Gasteiger partial charge in [-0.3, -0.25) is 9.59 Å². The fourth-order valence-corrected chi connectivity index (χ4v) is 5.43. The molecule has 38 heavy (non-hydrogen) atoms. The van der Waals surface area contributed by atoms with Gasteiger partial charge in [-0.2, -0.15) is 13.2 Å². The smallest absolute Gasteiger partial charge is 0.422 e. The van der Waals surface area contributed by atoms with E-state index in [9.17, 15) is 27.9 Å². The van der Waals surface area contributed by atoms with Gasteiger partial charge in [0, 0.05) is 36.8 Å². The molecule has 2 aliphatic heterocycles. The molecule has 2 unspecified atom stereocenters. The number of likely N-dealkylation sites (N-methyl/N-ethyl adjacent to an activating group) is 1. The molecule has 1 amide bonds. The summed E-state index contributed by atoms with van der Waals surface area (Å²) in [5.74, 6) is -2.04. The number of alkyl halides is 3. The molecule has 2 atom stereocenters. The molecule has 0 bridgehead atoms. The van der Waals surface area contributed by atoms with Gasteiger partial charge >= 0.3 is 12.1 Å². The molecule has 206 valence electrons. The number of halogens is 4. The highest BCUT2D eigenvalue weighted by atomic mass is 35.5. The second-order valence-corrected chi connectivity index (χ2v) is 10.0. The number of carbonyl (C=O) groups is 2. The first kappa shape index (κ1) is 28.0. The molecule has 7 nitrogen and oxygen atoms in total. The van der Waals surface area contributed by atoms with Crippen LogP contribution in [0.15, 0.2) is 36.4 Å². The Bertz CT molecular complexity index is 1220. The summed E-state index contributed by atoms with van der Waals surface area (Å²) in [5.41, 5.74) is -2.75. The first-order valence-corrected chi connectivity index (χ1v) is 12.8. The van der Waals surface area contributed by atoms with Crippen LogP contribution in [-0.2, 0) is 19.9 Å². The maximum absolute atomic E-state index is 14.5. The van der Waals surface area contributed by atoms with E-state index in [2.05, 4.69) is 0 Å². The van der Waals surface area contributed by atoms with Gasteiger partial charge < -0.3 is 24.4 Å². The number of amides is 1. The Labute approximate surface area is 224 Å². The van der Waals surface area contributed by atoms with Gasteiger partial charge in [-0.25, -0.2) is 0 Å². The van der Waals surface area contributed by atoms with Crippen molar-refractivity contribution < 1.29 is 37.3 Å². The van der Waals surface area contributed by atoms with E-state index in [1.54, 1.807) is 19.1 Å². The predicted molar refractivity (Wildman–Crippen MR) is 137 cm³/mol. The maximum atomic E-state index is 14.5. The summed E-state index contributed by atoms with van der Waals surface area (Å²) in [6.45, 7) is 4.29. The highest BCUT2D eigenvalue weighted by Crippen LogP contribution is 2.51.